The van der Waals surface area contributed by atoms with Crippen molar-refractivity contribution in [2.24, 2.45) is 5.92 Å². The molecular formula is C25H28ClN3O3. The van der Waals surface area contributed by atoms with Crippen molar-refractivity contribution in [2.75, 3.05) is 11.9 Å². The fraction of sp³-hybridized carbons (Fsp3) is 0.440. The number of hydrogen-bond donors (Lipinski definition) is 4. The van der Waals surface area contributed by atoms with Crippen LogP contribution in [0, 0.1) is 5.92 Å². The molecule has 1 saturated carbocycles. The van der Waals surface area contributed by atoms with E-state index in [0.717, 1.165) is 29.7 Å². The lowest BCUT2D eigenvalue weighted by Gasteiger charge is -2.32. The van der Waals surface area contributed by atoms with E-state index in [1.807, 2.05) is 42.5 Å². The maximum atomic E-state index is 13.4. The zero-order valence-electron chi connectivity index (χ0n) is 17.8. The molecule has 32 heavy (non-hydrogen) atoms. The van der Waals surface area contributed by atoms with Gasteiger partial charge in [0.15, 0.2) is 0 Å². The third-order valence-corrected chi connectivity index (χ3v) is 7.61. The Balaban J connectivity index is 1.47. The molecule has 7 heteroatoms. The average molecular weight is 454 g/mol. The summed E-state index contributed by atoms with van der Waals surface area (Å²) in [4.78, 5) is 26.8. The fourth-order valence-electron chi connectivity index (χ4n) is 5.68. The number of halogens is 1. The van der Waals surface area contributed by atoms with E-state index in [9.17, 15) is 14.7 Å². The van der Waals surface area contributed by atoms with E-state index in [1.54, 1.807) is 6.07 Å². The number of amides is 2. The van der Waals surface area contributed by atoms with Crippen LogP contribution < -0.4 is 16.0 Å². The second-order valence-corrected chi connectivity index (χ2v) is 9.72. The van der Waals surface area contributed by atoms with Gasteiger partial charge < -0.3 is 21.1 Å². The molecule has 2 aromatic rings. The Hall–Kier alpha value is -2.41. The third-order valence-electron chi connectivity index (χ3n) is 7.38. The number of aliphatic hydroxyl groups excluding tert-OH is 1. The number of hydrogen-bond acceptors (Lipinski definition) is 4. The van der Waals surface area contributed by atoms with E-state index in [2.05, 4.69) is 16.0 Å². The van der Waals surface area contributed by atoms with Crippen molar-refractivity contribution in [1.29, 1.82) is 0 Å². The monoisotopic (exact) mass is 453 g/mol. The van der Waals surface area contributed by atoms with Crippen molar-refractivity contribution in [1.82, 2.24) is 10.6 Å². The van der Waals surface area contributed by atoms with Crippen LogP contribution in [0.3, 0.4) is 0 Å². The summed E-state index contributed by atoms with van der Waals surface area (Å²) in [7, 11) is 0. The summed E-state index contributed by atoms with van der Waals surface area (Å²) in [6.07, 6.45) is 3.29. The molecule has 0 radical (unpaired) electrons. The number of carbonyl (C=O) groups is 2. The predicted octanol–water partition coefficient (Wildman–Crippen LogP) is 2.78. The van der Waals surface area contributed by atoms with Crippen LogP contribution in [0.15, 0.2) is 48.5 Å². The molecule has 0 bridgehead atoms. The lowest BCUT2D eigenvalue weighted by atomic mass is 9.68. The third kappa shape index (κ3) is 3.70. The minimum atomic E-state index is -0.833. The van der Waals surface area contributed by atoms with Gasteiger partial charge in [-0.25, -0.2) is 0 Å². The fourth-order valence-corrected chi connectivity index (χ4v) is 5.86. The molecule has 6 nitrogen and oxygen atoms in total. The Kier molecular flexibility index (Phi) is 5.70. The van der Waals surface area contributed by atoms with E-state index in [4.69, 9.17) is 11.6 Å². The first-order chi connectivity index (χ1) is 15.5. The SMILES string of the molecule is O=C(N[C@H]1CC[C@H](O)CC1)[C@@H]1NC[C@@]2(C(=O)Nc3cc(Cl)ccc32)[C@H]1Cc1ccccc1. The summed E-state index contributed by atoms with van der Waals surface area (Å²) in [5.41, 5.74) is 1.89. The van der Waals surface area contributed by atoms with E-state index in [0.29, 0.717) is 30.8 Å². The number of aliphatic hydroxyl groups is 1. The van der Waals surface area contributed by atoms with Gasteiger partial charge in [0.2, 0.25) is 11.8 Å². The lowest BCUT2D eigenvalue weighted by molar-refractivity contribution is -0.126. The molecule has 0 unspecified atom stereocenters. The first-order valence-corrected chi connectivity index (χ1v) is 11.7. The summed E-state index contributed by atoms with van der Waals surface area (Å²) in [6.45, 7) is 0.395. The van der Waals surface area contributed by atoms with E-state index < -0.39 is 11.5 Å². The number of fused-ring (bicyclic) bond motifs is 2. The zero-order valence-corrected chi connectivity index (χ0v) is 18.6. The van der Waals surface area contributed by atoms with Crippen molar-refractivity contribution in [3.63, 3.8) is 0 Å². The summed E-state index contributed by atoms with van der Waals surface area (Å²) in [5, 5.41) is 19.9. The van der Waals surface area contributed by atoms with Gasteiger partial charge in [0.25, 0.3) is 0 Å². The minimum Gasteiger partial charge on any atom is -0.393 e. The Labute approximate surface area is 192 Å². The molecule has 3 atom stereocenters. The number of carbonyl (C=O) groups excluding carboxylic acids is 2. The molecule has 4 N–H and O–H groups in total. The van der Waals surface area contributed by atoms with Gasteiger partial charge in [0, 0.05) is 29.2 Å². The highest BCUT2D eigenvalue weighted by molar-refractivity contribution is 6.31. The van der Waals surface area contributed by atoms with Crippen molar-refractivity contribution in [2.45, 2.75) is 55.7 Å². The first kappa shape index (κ1) is 21.4. The zero-order chi connectivity index (χ0) is 22.3. The van der Waals surface area contributed by atoms with Crippen LogP contribution >= 0.6 is 11.6 Å². The summed E-state index contributed by atoms with van der Waals surface area (Å²) < 4.78 is 0. The Morgan fingerprint density at radius 3 is 2.62 bits per heavy atom. The smallest absolute Gasteiger partial charge is 0.237 e. The maximum Gasteiger partial charge on any atom is 0.237 e. The molecule has 5 rings (SSSR count). The van der Waals surface area contributed by atoms with Crippen LogP contribution in [-0.4, -0.2) is 41.7 Å². The van der Waals surface area contributed by atoms with Crippen LogP contribution in [-0.2, 0) is 21.4 Å². The van der Waals surface area contributed by atoms with E-state index >= 15 is 0 Å². The highest BCUT2D eigenvalue weighted by Gasteiger charge is 2.59. The van der Waals surface area contributed by atoms with Gasteiger partial charge >= 0.3 is 0 Å². The molecule has 2 fully saturated rings. The van der Waals surface area contributed by atoms with Crippen LogP contribution in [0.25, 0.3) is 0 Å². The average Bonchev–Trinajstić information content (AvgIpc) is 3.29. The van der Waals surface area contributed by atoms with Gasteiger partial charge in [-0.2, -0.15) is 0 Å². The normalized spacial score (nSPS) is 31.4. The molecule has 3 aliphatic rings. The minimum absolute atomic E-state index is 0.0603. The molecule has 2 amide bonds. The molecule has 2 heterocycles. The molecule has 2 aliphatic heterocycles. The lowest BCUT2D eigenvalue weighted by Crippen LogP contribution is -2.51. The van der Waals surface area contributed by atoms with E-state index in [-0.39, 0.29) is 29.9 Å². The van der Waals surface area contributed by atoms with Gasteiger partial charge in [0.05, 0.1) is 17.6 Å². The number of benzene rings is 2. The number of anilines is 1. The standard InChI is InChI=1S/C25H28ClN3O3/c26-16-6-11-19-21(13-16)29-24(32)25(19)14-27-22(20(25)12-15-4-2-1-3-5-15)23(31)28-17-7-9-18(30)10-8-17/h1-6,11,13,17-18,20,22,27,30H,7-10,12,14H2,(H,28,31)(H,29,32)/t17-,18-,20-,22+,25-/m0/s1. The van der Waals surface area contributed by atoms with Gasteiger partial charge in [-0.15, -0.1) is 0 Å². The summed E-state index contributed by atoms with van der Waals surface area (Å²) in [6, 6.07) is 15.1. The van der Waals surface area contributed by atoms with Crippen molar-refractivity contribution in [3.05, 3.63) is 64.7 Å². The number of rotatable bonds is 4. The largest absolute Gasteiger partial charge is 0.393 e. The molecule has 1 spiro atoms. The molecular weight excluding hydrogens is 426 g/mol. The molecule has 0 aromatic heterocycles. The Bertz CT molecular complexity index is 1020. The molecule has 1 saturated heterocycles. The van der Waals surface area contributed by atoms with Gasteiger partial charge in [-0.05, 0) is 55.4 Å². The van der Waals surface area contributed by atoms with E-state index in [1.165, 1.54) is 0 Å². The quantitative estimate of drug-likeness (QED) is 0.573. The number of nitrogens with one attached hydrogen (secondary N) is 3. The Morgan fingerprint density at radius 2 is 1.88 bits per heavy atom. The highest BCUT2D eigenvalue weighted by Crippen LogP contribution is 2.48. The van der Waals surface area contributed by atoms with Gasteiger partial charge in [0.1, 0.15) is 0 Å². The second kappa shape index (κ2) is 8.50. The van der Waals surface area contributed by atoms with Crippen LogP contribution in [0.4, 0.5) is 5.69 Å². The molecule has 1 aliphatic carbocycles. The van der Waals surface area contributed by atoms with Crippen LogP contribution in [0.5, 0.6) is 0 Å². The van der Waals surface area contributed by atoms with Gasteiger partial charge in [-0.3, -0.25) is 9.59 Å². The molecule has 168 valence electrons. The predicted molar refractivity (Wildman–Crippen MR) is 124 cm³/mol. The van der Waals surface area contributed by atoms with Crippen LogP contribution in [0.1, 0.15) is 36.8 Å². The maximum absolute atomic E-state index is 13.4. The topological polar surface area (TPSA) is 90.5 Å². The first-order valence-electron chi connectivity index (χ1n) is 11.3. The molecule has 2 aromatic carbocycles. The summed E-state index contributed by atoms with van der Waals surface area (Å²) >= 11 is 6.18. The second-order valence-electron chi connectivity index (χ2n) is 9.28. The highest BCUT2D eigenvalue weighted by atomic mass is 35.5. The van der Waals surface area contributed by atoms with Gasteiger partial charge in [-0.1, -0.05) is 48.0 Å². The Morgan fingerprint density at radius 1 is 1.12 bits per heavy atom. The van der Waals surface area contributed by atoms with Crippen LogP contribution in [0.2, 0.25) is 5.02 Å². The van der Waals surface area contributed by atoms with Crippen molar-refractivity contribution >= 4 is 29.1 Å². The summed E-state index contributed by atoms with van der Waals surface area (Å²) in [5.74, 6) is -0.403. The van der Waals surface area contributed by atoms with Crippen molar-refractivity contribution in [3.8, 4) is 0 Å². The van der Waals surface area contributed by atoms with Crippen molar-refractivity contribution < 1.29 is 14.7 Å².